The molecule has 0 radical (unpaired) electrons. The Hall–Kier alpha value is -2.11. The number of nitrogens with zero attached hydrogens (tertiary/aromatic N) is 1. The predicted octanol–water partition coefficient (Wildman–Crippen LogP) is 2.54. The molecule has 1 aromatic heterocycles. The molecule has 2 fully saturated rings. The molecule has 2 aromatic rings. The summed E-state index contributed by atoms with van der Waals surface area (Å²) in [4.78, 5) is 12.5. The number of benzene rings is 1. The number of ether oxygens (including phenoxy) is 2. The van der Waals surface area contributed by atoms with Crippen LogP contribution >= 0.6 is 0 Å². The highest BCUT2D eigenvalue weighted by atomic mass is 16.6. The molecule has 5 nitrogen and oxygen atoms in total. The molecule has 0 unspecified atom stereocenters. The number of fused-ring (bicyclic) bond motifs is 1. The van der Waals surface area contributed by atoms with Gasteiger partial charge >= 0.3 is 0 Å². The summed E-state index contributed by atoms with van der Waals surface area (Å²) in [6.45, 7) is 1.34. The van der Waals surface area contributed by atoms with Crippen molar-refractivity contribution < 1.29 is 14.3 Å². The zero-order valence-electron chi connectivity index (χ0n) is 13.6. The molecule has 1 saturated heterocycles. The number of carbonyl (C=O) groups excluding carboxylic acids is 1. The van der Waals surface area contributed by atoms with Crippen molar-refractivity contribution in [3.05, 3.63) is 54.4 Å². The molecular weight excluding hydrogens is 304 g/mol. The second kappa shape index (κ2) is 6.79. The molecule has 4 rings (SSSR count). The van der Waals surface area contributed by atoms with E-state index in [1.165, 1.54) is 0 Å². The van der Waals surface area contributed by atoms with E-state index in [0.29, 0.717) is 18.8 Å². The van der Waals surface area contributed by atoms with E-state index in [2.05, 4.69) is 5.32 Å². The smallest absolute Gasteiger partial charge is 0.251 e. The lowest BCUT2D eigenvalue weighted by atomic mass is 9.89. The summed E-state index contributed by atoms with van der Waals surface area (Å²) in [6.07, 6.45) is 7.01. The molecule has 1 aromatic carbocycles. The molecule has 5 heteroatoms. The summed E-state index contributed by atoms with van der Waals surface area (Å²) < 4.78 is 13.5. The first-order valence-electron chi connectivity index (χ1n) is 8.57. The van der Waals surface area contributed by atoms with Crippen LogP contribution in [-0.2, 0) is 9.47 Å². The van der Waals surface area contributed by atoms with Crippen molar-refractivity contribution in [3.63, 3.8) is 0 Å². The summed E-state index contributed by atoms with van der Waals surface area (Å²) in [5.74, 6) is -0.0192. The molecule has 0 bridgehead atoms. The number of nitrogens with one attached hydrogen (secondary N) is 1. The number of hydrogen-bond donors (Lipinski definition) is 1. The first-order chi connectivity index (χ1) is 11.8. The van der Waals surface area contributed by atoms with Crippen LogP contribution in [0.3, 0.4) is 0 Å². The van der Waals surface area contributed by atoms with Crippen molar-refractivity contribution in [1.82, 2.24) is 9.88 Å². The van der Waals surface area contributed by atoms with Crippen molar-refractivity contribution in [2.45, 2.75) is 37.5 Å². The Morgan fingerprint density at radius 1 is 1.00 bits per heavy atom. The number of carbonyl (C=O) groups is 1. The number of amides is 1. The standard InChI is InChI=1S/C19H22N2O3/c22-19(14-3-6-16(7-4-14)21-9-1-2-10-21)20-15-5-8-17-18(13-15)24-12-11-23-17/h1-4,6-7,9-10,15,17-18H,5,8,11-13H2,(H,20,22)/t15-,17-,18-/m1/s1. The van der Waals surface area contributed by atoms with E-state index in [9.17, 15) is 4.79 Å². The van der Waals surface area contributed by atoms with E-state index in [1.807, 2.05) is 53.4 Å². The third kappa shape index (κ3) is 3.23. The van der Waals surface area contributed by atoms with E-state index in [1.54, 1.807) is 0 Å². The Morgan fingerprint density at radius 3 is 2.46 bits per heavy atom. The van der Waals surface area contributed by atoms with E-state index in [0.717, 1.165) is 24.9 Å². The van der Waals surface area contributed by atoms with E-state index in [4.69, 9.17) is 9.47 Å². The van der Waals surface area contributed by atoms with Gasteiger partial charge in [-0.3, -0.25) is 4.79 Å². The zero-order chi connectivity index (χ0) is 16.4. The second-order valence-electron chi connectivity index (χ2n) is 6.44. The highest BCUT2D eigenvalue weighted by Crippen LogP contribution is 2.27. The van der Waals surface area contributed by atoms with E-state index >= 15 is 0 Å². The van der Waals surface area contributed by atoms with E-state index < -0.39 is 0 Å². The topological polar surface area (TPSA) is 52.5 Å². The van der Waals surface area contributed by atoms with Crippen LogP contribution in [0.1, 0.15) is 29.6 Å². The van der Waals surface area contributed by atoms with Gasteiger partial charge in [-0.05, 0) is 55.7 Å². The van der Waals surface area contributed by atoms with Crippen LogP contribution < -0.4 is 5.32 Å². The van der Waals surface area contributed by atoms with Crippen molar-refractivity contribution >= 4 is 5.91 Å². The SMILES string of the molecule is O=C(N[C@@H]1CC[C@H]2OCCO[C@@H]2C1)c1ccc(-n2cccc2)cc1. The van der Waals surface area contributed by atoms with Gasteiger partial charge in [0.15, 0.2) is 0 Å². The number of hydrogen-bond acceptors (Lipinski definition) is 3. The van der Waals surface area contributed by atoms with Crippen molar-refractivity contribution in [2.24, 2.45) is 0 Å². The Morgan fingerprint density at radius 2 is 1.71 bits per heavy atom. The fraction of sp³-hybridized carbons (Fsp3) is 0.421. The van der Waals surface area contributed by atoms with Gasteiger partial charge in [-0.25, -0.2) is 0 Å². The van der Waals surface area contributed by atoms with Gasteiger partial charge in [-0.15, -0.1) is 0 Å². The Labute approximate surface area is 141 Å². The zero-order valence-corrected chi connectivity index (χ0v) is 13.6. The van der Waals surface area contributed by atoms with Gasteiger partial charge in [-0.1, -0.05) is 0 Å². The monoisotopic (exact) mass is 326 g/mol. The summed E-state index contributed by atoms with van der Waals surface area (Å²) in [5.41, 5.74) is 1.73. The van der Waals surface area contributed by atoms with Gasteiger partial charge in [0.2, 0.25) is 0 Å². The van der Waals surface area contributed by atoms with Crippen LogP contribution in [0.4, 0.5) is 0 Å². The molecule has 126 valence electrons. The van der Waals surface area contributed by atoms with Gasteiger partial charge in [0.25, 0.3) is 5.91 Å². The van der Waals surface area contributed by atoms with Gasteiger partial charge < -0.3 is 19.4 Å². The molecule has 1 aliphatic carbocycles. The van der Waals surface area contributed by atoms with Crippen LogP contribution in [0.15, 0.2) is 48.8 Å². The lowest BCUT2D eigenvalue weighted by molar-refractivity contribution is -0.157. The van der Waals surface area contributed by atoms with Crippen LogP contribution in [0, 0.1) is 0 Å². The van der Waals surface area contributed by atoms with Gasteiger partial charge in [0.05, 0.1) is 25.4 Å². The highest BCUT2D eigenvalue weighted by molar-refractivity contribution is 5.94. The largest absolute Gasteiger partial charge is 0.373 e. The molecule has 1 N–H and O–H groups in total. The van der Waals surface area contributed by atoms with Crippen molar-refractivity contribution in [2.75, 3.05) is 13.2 Å². The summed E-state index contributed by atoms with van der Waals surface area (Å²) in [7, 11) is 0. The molecule has 3 atom stereocenters. The predicted molar refractivity (Wildman–Crippen MR) is 90.4 cm³/mol. The normalized spacial score (nSPS) is 26.6. The third-order valence-corrected chi connectivity index (χ3v) is 4.85. The minimum atomic E-state index is -0.0192. The maximum atomic E-state index is 12.5. The fourth-order valence-electron chi connectivity index (χ4n) is 3.56. The summed E-state index contributed by atoms with van der Waals surface area (Å²) >= 11 is 0. The minimum Gasteiger partial charge on any atom is -0.373 e. The lowest BCUT2D eigenvalue weighted by Gasteiger charge is -2.39. The maximum Gasteiger partial charge on any atom is 0.251 e. The number of aromatic nitrogens is 1. The van der Waals surface area contributed by atoms with Crippen LogP contribution in [-0.4, -0.2) is 41.9 Å². The molecule has 2 aliphatic rings. The van der Waals surface area contributed by atoms with E-state index in [-0.39, 0.29) is 24.2 Å². The van der Waals surface area contributed by atoms with Gasteiger partial charge in [0, 0.05) is 29.7 Å². The Bertz CT molecular complexity index is 681. The number of rotatable bonds is 3. The highest BCUT2D eigenvalue weighted by Gasteiger charge is 2.34. The maximum absolute atomic E-state index is 12.5. The fourth-order valence-corrected chi connectivity index (χ4v) is 3.56. The summed E-state index contributed by atoms with van der Waals surface area (Å²) in [5, 5.41) is 3.14. The molecule has 1 aliphatic heterocycles. The first kappa shape index (κ1) is 15.4. The first-order valence-corrected chi connectivity index (χ1v) is 8.57. The average Bonchev–Trinajstić information content (AvgIpc) is 3.16. The second-order valence-corrected chi connectivity index (χ2v) is 6.44. The molecule has 24 heavy (non-hydrogen) atoms. The van der Waals surface area contributed by atoms with Crippen LogP contribution in [0.5, 0.6) is 0 Å². The molecular formula is C19H22N2O3. The quantitative estimate of drug-likeness (QED) is 0.943. The van der Waals surface area contributed by atoms with Crippen LogP contribution in [0.25, 0.3) is 5.69 Å². The lowest BCUT2D eigenvalue weighted by Crippen LogP contribution is -2.49. The van der Waals surface area contributed by atoms with Gasteiger partial charge in [-0.2, -0.15) is 0 Å². The molecule has 1 saturated carbocycles. The Balaban J connectivity index is 1.37. The van der Waals surface area contributed by atoms with Crippen molar-refractivity contribution in [3.8, 4) is 5.69 Å². The molecule has 0 spiro atoms. The molecule has 2 heterocycles. The van der Waals surface area contributed by atoms with Crippen molar-refractivity contribution in [1.29, 1.82) is 0 Å². The third-order valence-electron chi connectivity index (χ3n) is 4.85. The van der Waals surface area contributed by atoms with Gasteiger partial charge in [0.1, 0.15) is 0 Å². The Kier molecular flexibility index (Phi) is 4.36. The minimum absolute atomic E-state index is 0.0192. The summed E-state index contributed by atoms with van der Waals surface area (Å²) in [6, 6.07) is 11.8. The molecule has 1 amide bonds. The van der Waals surface area contributed by atoms with Crippen LogP contribution in [0.2, 0.25) is 0 Å². The average molecular weight is 326 g/mol.